The van der Waals surface area contributed by atoms with E-state index >= 15 is 0 Å². The van der Waals surface area contributed by atoms with Crippen LogP contribution in [0.15, 0.2) is 30.5 Å². The number of amides is 1. The zero-order valence-electron chi connectivity index (χ0n) is 15.0. The Morgan fingerprint density at radius 1 is 1.24 bits per heavy atom. The summed E-state index contributed by atoms with van der Waals surface area (Å²) < 4.78 is 15.1. The summed E-state index contributed by atoms with van der Waals surface area (Å²) in [5.41, 5.74) is 1.04. The molecule has 0 spiro atoms. The Labute approximate surface area is 152 Å². The van der Waals surface area contributed by atoms with Crippen molar-refractivity contribution in [2.24, 2.45) is 0 Å². The Morgan fingerprint density at radius 3 is 2.40 bits per heavy atom. The molecular weight excluding hydrogens is 339 g/mol. The summed E-state index contributed by atoms with van der Waals surface area (Å²) in [5, 5.41) is 2.93. The van der Waals surface area contributed by atoms with Crippen molar-refractivity contribution in [1.82, 2.24) is 19.8 Å². The van der Waals surface area contributed by atoms with Crippen LogP contribution in [-0.2, 0) is 0 Å². The summed E-state index contributed by atoms with van der Waals surface area (Å²) in [7, 11) is 0. The third-order valence-electron chi connectivity index (χ3n) is 4.08. The van der Waals surface area contributed by atoms with Crippen LogP contribution in [0.3, 0.4) is 0 Å². The molecule has 0 saturated heterocycles. The van der Waals surface area contributed by atoms with Gasteiger partial charge in [-0.2, -0.15) is 0 Å². The normalized spacial score (nSPS) is 11.5. The van der Waals surface area contributed by atoms with Crippen LogP contribution < -0.4 is 5.32 Å². The zero-order valence-corrected chi connectivity index (χ0v) is 15.9. The van der Waals surface area contributed by atoms with E-state index in [-0.39, 0.29) is 11.7 Å². The van der Waals surface area contributed by atoms with E-state index in [1.807, 2.05) is 0 Å². The Hall–Kier alpha value is -1.99. The van der Waals surface area contributed by atoms with Crippen LogP contribution in [0.4, 0.5) is 4.39 Å². The molecule has 0 radical (unpaired) electrons. The lowest BCUT2D eigenvalue weighted by Gasteiger charge is -2.30. The molecule has 0 fully saturated rings. The molecule has 0 aliphatic heterocycles. The maximum atomic E-state index is 13.1. The molecule has 2 N–H and O–H groups in total. The number of nitrogens with one attached hydrogen (secondary N) is 2. The quantitative estimate of drug-likeness (QED) is 0.739. The van der Waals surface area contributed by atoms with Crippen LogP contribution in [0.25, 0.3) is 5.69 Å². The van der Waals surface area contributed by atoms with E-state index in [1.165, 1.54) is 12.1 Å². The van der Waals surface area contributed by atoms with Crippen molar-refractivity contribution in [1.29, 1.82) is 0 Å². The first-order valence-corrected chi connectivity index (χ1v) is 8.82. The largest absolute Gasteiger partial charge is 0.349 e. The number of halogens is 1. The van der Waals surface area contributed by atoms with Gasteiger partial charge in [0.05, 0.1) is 0 Å². The van der Waals surface area contributed by atoms with E-state index < -0.39 is 0 Å². The summed E-state index contributed by atoms with van der Waals surface area (Å²) in [4.78, 5) is 17.7. The maximum Gasteiger partial charge on any atom is 0.269 e. The van der Waals surface area contributed by atoms with Gasteiger partial charge in [0.2, 0.25) is 0 Å². The fourth-order valence-corrected chi connectivity index (χ4v) is 3.15. The lowest BCUT2D eigenvalue weighted by molar-refractivity contribution is 0.0932. The maximum absolute atomic E-state index is 13.1. The molecule has 0 saturated carbocycles. The van der Waals surface area contributed by atoms with E-state index in [2.05, 4.69) is 42.9 Å². The Morgan fingerprint density at radius 2 is 1.84 bits per heavy atom. The van der Waals surface area contributed by atoms with Gasteiger partial charge in [-0.05, 0) is 64.2 Å². The minimum Gasteiger partial charge on any atom is -0.349 e. The van der Waals surface area contributed by atoms with Crippen LogP contribution >= 0.6 is 12.2 Å². The van der Waals surface area contributed by atoms with Gasteiger partial charge in [-0.15, -0.1) is 0 Å². The third kappa shape index (κ3) is 4.76. The molecule has 7 heteroatoms. The van der Waals surface area contributed by atoms with E-state index in [4.69, 9.17) is 12.2 Å². The van der Waals surface area contributed by atoms with Crippen molar-refractivity contribution in [2.75, 3.05) is 13.1 Å². The molecule has 2 rings (SSSR count). The van der Waals surface area contributed by atoms with Crippen molar-refractivity contribution < 1.29 is 9.18 Å². The third-order valence-corrected chi connectivity index (χ3v) is 4.38. The minimum atomic E-state index is -0.334. The number of aromatic amines is 1. The first-order valence-electron chi connectivity index (χ1n) is 8.41. The number of aromatic nitrogens is 2. The number of hydrogen-bond acceptors (Lipinski definition) is 3. The Kier molecular flexibility index (Phi) is 6.50. The van der Waals surface area contributed by atoms with Crippen molar-refractivity contribution in [3.63, 3.8) is 0 Å². The molecular formula is C18H25FN4OS. The second kappa shape index (κ2) is 8.40. The van der Waals surface area contributed by atoms with Gasteiger partial charge in [-0.1, -0.05) is 0 Å². The lowest BCUT2D eigenvalue weighted by Crippen LogP contribution is -2.42. The van der Waals surface area contributed by atoms with Gasteiger partial charge in [0, 0.05) is 37.1 Å². The fourth-order valence-electron chi connectivity index (χ4n) is 2.88. The Bertz CT molecular complexity index is 756. The molecule has 2 aromatic rings. The van der Waals surface area contributed by atoms with Gasteiger partial charge in [-0.25, -0.2) is 4.39 Å². The van der Waals surface area contributed by atoms with Gasteiger partial charge < -0.3 is 10.3 Å². The van der Waals surface area contributed by atoms with Gasteiger partial charge >= 0.3 is 0 Å². The summed E-state index contributed by atoms with van der Waals surface area (Å²) in [6.45, 7) is 9.86. The Balaban J connectivity index is 2.11. The minimum absolute atomic E-state index is 0.218. The first-order chi connectivity index (χ1) is 11.8. The standard InChI is InChI=1S/C18H25FN4OS/c1-12(2)22(13(3)4)10-9-20-17(24)16-11-21-18(25)23(16)15-7-5-14(19)6-8-15/h5-8,11-13H,9-10H2,1-4H3,(H,20,24)(H,21,25). The predicted molar refractivity (Wildman–Crippen MR) is 100 cm³/mol. The highest BCUT2D eigenvalue weighted by molar-refractivity contribution is 7.71. The predicted octanol–water partition coefficient (Wildman–Crippen LogP) is 3.52. The lowest BCUT2D eigenvalue weighted by atomic mass is 10.2. The number of hydrogen-bond donors (Lipinski definition) is 2. The highest BCUT2D eigenvalue weighted by atomic mass is 32.1. The van der Waals surface area contributed by atoms with E-state index in [0.29, 0.717) is 34.8 Å². The average molecular weight is 364 g/mol. The van der Waals surface area contributed by atoms with E-state index in [0.717, 1.165) is 6.54 Å². The van der Waals surface area contributed by atoms with Crippen molar-refractivity contribution >= 4 is 18.1 Å². The molecule has 0 atom stereocenters. The monoisotopic (exact) mass is 364 g/mol. The first kappa shape index (κ1) is 19.3. The molecule has 0 bridgehead atoms. The second-order valence-electron chi connectivity index (χ2n) is 6.47. The summed E-state index contributed by atoms with van der Waals surface area (Å²) in [6.07, 6.45) is 1.57. The number of imidazole rings is 1. The summed E-state index contributed by atoms with van der Waals surface area (Å²) in [6, 6.07) is 6.69. The summed E-state index contributed by atoms with van der Waals surface area (Å²) >= 11 is 5.25. The molecule has 25 heavy (non-hydrogen) atoms. The molecule has 0 aliphatic rings. The fraction of sp³-hybridized carbons (Fsp3) is 0.444. The molecule has 1 heterocycles. The topological polar surface area (TPSA) is 53.1 Å². The van der Waals surface area contributed by atoms with Crippen molar-refractivity contribution in [3.8, 4) is 5.69 Å². The van der Waals surface area contributed by atoms with Crippen LogP contribution in [0.2, 0.25) is 0 Å². The number of carbonyl (C=O) groups excluding carboxylic acids is 1. The highest BCUT2D eigenvalue weighted by Crippen LogP contribution is 2.13. The van der Waals surface area contributed by atoms with Crippen molar-refractivity contribution in [2.45, 2.75) is 39.8 Å². The average Bonchev–Trinajstić information content (AvgIpc) is 2.93. The van der Waals surface area contributed by atoms with Crippen LogP contribution in [-0.4, -0.2) is 45.5 Å². The zero-order chi connectivity index (χ0) is 18.6. The van der Waals surface area contributed by atoms with Crippen LogP contribution in [0.1, 0.15) is 38.2 Å². The van der Waals surface area contributed by atoms with Crippen LogP contribution in [0.5, 0.6) is 0 Å². The molecule has 0 unspecified atom stereocenters. The number of nitrogens with zero attached hydrogens (tertiary/aromatic N) is 2. The number of carbonyl (C=O) groups is 1. The van der Waals surface area contributed by atoms with Crippen molar-refractivity contribution in [3.05, 3.63) is 46.7 Å². The number of rotatable bonds is 7. The molecule has 136 valence electrons. The van der Waals surface area contributed by atoms with E-state index in [1.54, 1.807) is 22.9 Å². The SMILES string of the molecule is CC(C)N(CCNC(=O)c1c[nH]c(=S)n1-c1ccc(F)cc1)C(C)C. The molecule has 1 amide bonds. The van der Waals surface area contributed by atoms with Gasteiger partial charge in [0.15, 0.2) is 4.77 Å². The smallest absolute Gasteiger partial charge is 0.269 e. The number of benzene rings is 1. The molecule has 5 nitrogen and oxygen atoms in total. The molecule has 0 aliphatic carbocycles. The molecule has 1 aromatic carbocycles. The van der Waals surface area contributed by atoms with E-state index in [9.17, 15) is 9.18 Å². The summed E-state index contributed by atoms with van der Waals surface area (Å²) in [5.74, 6) is -0.552. The highest BCUT2D eigenvalue weighted by Gasteiger charge is 2.16. The molecule has 1 aromatic heterocycles. The van der Waals surface area contributed by atoms with Gasteiger partial charge in [-0.3, -0.25) is 14.3 Å². The number of H-pyrrole nitrogens is 1. The van der Waals surface area contributed by atoms with Gasteiger partial charge in [0.25, 0.3) is 5.91 Å². The van der Waals surface area contributed by atoms with Crippen LogP contribution in [0, 0.1) is 10.6 Å². The second-order valence-corrected chi connectivity index (χ2v) is 6.86. The van der Waals surface area contributed by atoms with Gasteiger partial charge in [0.1, 0.15) is 11.5 Å².